The Kier molecular flexibility index (Phi) is 4.28. The minimum Gasteiger partial charge on any atom is -0.438 e. The van der Waals surface area contributed by atoms with Gasteiger partial charge in [0.2, 0.25) is 0 Å². The number of anilines is 1. The van der Waals surface area contributed by atoms with Gasteiger partial charge in [-0.1, -0.05) is 17.6 Å². The van der Waals surface area contributed by atoms with Crippen molar-refractivity contribution in [2.45, 2.75) is 58.3 Å². The lowest BCUT2D eigenvalue weighted by Crippen LogP contribution is -2.49. The molecule has 2 rings (SSSR count). The Morgan fingerprint density at radius 1 is 1.26 bits per heavy atom. The highest BCUT2D eigenvalue weighted by Gasteiger charge is 2.38. The molecular formula is C17H26BNO4. The molecule has 1 aromatic carbocycles. The molecule has 1 N–H and O–H groups in total. The van der Waals surface area contributed by atoms with Crippen molar-refractivity contribution in [3.63, 3.8) is 0 Å². The molecule has 0 spiro atoms. The van der Waals surface area contributed by atoms with Gasteiger partial charge in [-0.15, -0.1) is 0 Å². The molecule has 1 heterocycles. The summed E-state index contributed by atoms with van der Waals surface area (Å²) < 4.78 is 11.3. The van der Waals surface area contributed by atoms with Crippen molar-refractivity contribution < 1.29 is 19.3 Å². The molecule has 23 heavy (non-hydrogen) atoms. The number of benzene rings is 1. The summed E-state index contributed by atoms with van der Waals surface area (Å²) in [6, 6.07) is 5.88. The van der Waals surface area contributed by atoms with Crippen LogP contribution in [-0.2, 0) is 15.0 Å². The van der Waals surface area contributed by atoms with E-state index >= 15 is 0 Å². The van der Waals surface area contributed by atoms with E-state index in [0.29, 0.717) is 7.48 Å². The van der Waals surface area contributed by atoms with E-state index in [0.717, 1.165) is 16.7 Å². The fraction of sp³-hybridized carbons (Fsp3) is 0.588. The summed E-state index contributed by atoms with van der Waals surface area (Å²) in [6.07, 6.45) is -0.364. The van der Waals surface area contributed by atoms with E-state index in [1.54, 1.807) is 20.9 Å². The normalized spacial score (nSPS) is 17.6. The number of fused-ring (bicyclic) bond motifs is 1. The second-order valence-electron chi connectivity index (χ2n) is 7.65. The molecule has 1 aliphatic rings. The van der Waals surface area contributed by atoms with Crippen LogP contribution in [0.25, 0.3) is 0 Å². The van der Waals surface area contributed by atoms with Gasteiger partial charge >= 0.3 is 13.6 Å². The zero-order valence-corrected chi connectivity index (χ0v) is 15.1. The number of aliphatic hydroxyl groups is 1. The highest BCUT2D eigenvalue weighted by molar-refractivity contribution is 6.47. The van der Waals surface area contributed by atoms with E-state index < -0.39 is 16.8 Å². The maximum Gasteiger partial charge on any atom is 0.414 e. The van der Waals surface area contributed by atoms with Gasteiger partial charge in [0.15, 0.2) is 0 Å². The number of amides is 1. The van der Waals surface area contributed by atoms with Crippen molar-refractivity contribution in [3.05, 3.63) is 23.8 Å². The van der Waals surface area contributed by atoms with Crippen molar-refractivity contribution in [1.82, 2.24) is 0 Å². The van der Waals surface area contributed by atoms with Gasteiger partial charge in [-0.25, -0.2) is 4.79 Å². The Morgan fingerprint density at radius 3 is 2.43 bits per heavy atom. The third kappa shape index (κ3) is 3.38. The van der Waals surface area contributed by atoms with Crippen LogP contribution < -0.4 is 10.4 Å². The zero-order valence-electron chi connectivity index (χ0n) is 15.1. The lowest BCUT2D eigenvalue weighted by molar-refractivity contribution is -0.0893. The number of rotatable bonds is 4. The molecule has 0 aromatic heterocycles. The van der Waals surface area contributed by atoms with Gasteiger partial charge in [0.1, 0.15) is 5.60 Å². The minimum absolute atomic E-state index is 0.355. The zero-order chi connectivity index (χ0) is 17.6. The first-order valence-corrected chi connectivity index (χ1v) is 7.81. The number of hydrogen-bond donors (Lipinski definition) is 1. The maximum absolute atomic E-state index is 12.0. The summed E-state index contributed by atoms with van der Waals surface area (Å²) >= 11 is 0. The molecule has 0 saturated carbocycles. The van der Waals surface area contributed by atoms with E-state index in [1.165, 1.54) is 4.90 Å². The molecule has 0 radical (unpaired) electrons. The third-order valence-electron chi connectivity index (χ3n) is 4.76. The molecule has 0 saturated heterocycles. The van der Waals surface area contributed by atoms with Gasteiger partial charge in [0.25, 0.3) is 0 Å². The highest BCUT2D eigenvalue weighted by Crippen LogP contribution is 2.37. The SMILES string of the molecule is CN1C(=O)OC(C)(C)c2ccc(BOC(C)(C)C(C)(C)O)cc21. The lowest BCUT2D eigenvalue weighted by atomic mass is 9.81. The first-order valence-electron chi connectivity index (χ1n) is 7.81. The van der Waals surface area contributed by atoms with Gasteiger partial charge < -0.3 is 14.5 Å². The van der Waals surface area contributed by atoms with Crippen LogP contribution in [0, 0.1) is 0 Å². The topological polar surface area (TPSA) is 59.0 Å². The molecule has 1 aliphatic heterocycles. The van der Waals surface area contributed by atoms with Crippen LogP contribution in [0.5, 0.6) is 0 Å². The minimum atomic E-state index is -0.955. The van der Waals surface area contributed by atoms with Crippen molar-refractivity contribution in [3.8, 4) is 0 Å². The van der Waals surface area contributed by atoms with Gasteiger partial charge in [0.05, 0.1) is 16.9 Å². The molecule has 0 aliphatic carbocycles. The predicted octanol–water partition coefficient (Wildman–Crippen LogP) is 2.05. The van der Waals surface area contributed by atoms with Crippen LogP contribution in [0.4, 0.5) is 10.5 Å². The van der Waals surface area contributed by atoms with E-state index in [4.69, 9.17) is 9.39 Å². The Labute approximate surface area is 138 Å². The van der Waals surface area contributed by atoms with Crippen LogP contribution in [0.15, 0.2) is 18.2 Å². The molecule has 0 unspecified atom stereocenters. The fourth-order valence-electron chi connectivity index (χ4n) is 2.33. The Morgan fingerprint density at radius 2 is 1.87 bits per heavy atom. The van der Waals surface area contributed by atoms with Gasteiger partial charge in [0, 0.05) is 12.6 Å². The van der Waals surface area contributed by atoms with Crippen molar-refractivity contribution >= 4 is 24.7 Å². The van der Waals surface area contributed by atoms with Crippen LogP contribution in [-0.4, -0.2) is 36.9 Å². The molecule has 126 valence electrons. The van der Waals surface area contributed by atoms with Crippen LogP contribution in [0.1, 0.15) is 47.1 Å². The van der Waals surface area contributed by atoms with Crippen LogP contribution >= 0.6 is 0 Å². The summed E-state index contributed by atoms with van der Waals surface area (Å²) in [7, 11) is 2.05. The summed E-state index contributed by atoms with van der Waals surface area (Å²) in [6.45, 7) is 10.9. The molecule has 0 atom stereocenters. The number of ether oxygens (including phenoxy) is 1. The van der Waals surface area contributed by atoms with Crippen molar-refractivity contribution in [2.24, 2.45) is 0 Å². The predicted molar refractivity (Wildman–Crippen MR) is 92.6 cm³/mol. The second-order valence-corrected chi connectivity index (χ2v) is 7.65. The average molecular weight is 319 g/mol. The smallest absolute Gasteiger partial charge is 0.414 e. The van der Waals surface area contributed by atoms with Crippen molar-refractivity contribution in [1.29, 1.82) is 0 Å². The molecule has 1 amide bonds. The number of nitrogens with zero attached hydrogens (tertiary/aromatic N) is 1. The Bertz CT molecular complexity index is 620. The average Bonchev–Trinajstić information content (AvgIpc) is 2.41. The molecular weight excluding hydrogens is 293 g/mol. The monoisotopic (exact) mass is 319 g/mol. The number of cyclic esters (lactones) is 1. The van der Waals surface area contributed by atoms with Crippen LogP contribution in [0.2, 0.25) is 0 Å². The van der Waals surface area contributed by atoms with E-state index in [1.807, 2.05) is 45.9 Å². The highest BCUT2D eigenvalue weighted by atomic mass is 16.6. The number of carbonyl (C=O) groups is 1. The summed E-state index contributed by atoms with van der Waals surface area (Å²) in [5.74, 6) is 0. The van der Waals surface area contributed by atoms with E-state index in [2.05, 4.69) is 0 Å². The Hall–Kier alpha value is -1.53. The summed E-state index contributed by atoms with van der Waals surface area (Å²) in [4.78, 5) is 13.5. The Balaban J connectivity index is 2.26. The molecule has 0 bridgehead atoms. The first kappa shape index (κ1) is 17.8. The summed E-state index contributed by atoms with van der Waals surface area (Å²) in [5.41, 5.74) is 0.443. The van der Waals surface area contributed by atoms with Crippen LogP contribution in [0.3, 0.4) is 0 Å². The lowest BCUT2D eigenvalue weighted by Gasteiger charge is -2.38. The fourth-order valence-corrected chi connectivity index (χ4v) is 2.33. The standard InChI is InChI=1S/C17H26BNO4/c1-15(2)12-9-8-11(10-13(12)19(7)14(20)22-15)18-23-17(5,6)16(3,4)21/h8-10,18,21H,1-7H3. The maximum atomic E-state index is 12.0. The third-order valence-corrected chi connectivity index (χ3v) is 4.76. The van der Waals surface area contributed by atoms with E-state index in [9.17, 15) is 9.90 Å². The van der Waals surface area contributed by atoms with Gasteiger partial charge in [-0.2, -0.15) is 0 Å². The molecule has 1 aromatic rings. The quantitative estimate of drug-likeness (QED) is 0.863. The largest absolute Gasteiger partial charge is 0.438 e. The first-order chi connectivity index (χ1) is 10.3. The van der Waals surface area contributed by atoms with Crippen molar-refractivity contribution in [2.75, 3.05) is 11.9 Å². The van der Waals surface area contributed by atoms with E-state index in [-0.39, 0.29) is 6.09 Å². The number of carbonyl (C=O) groups excluding carboxylic acids is 1. The summed E-state index contributed by atoms with van der Waals surface area (Å²) in [5, 5.41) is 10.2. The van der Waals surface area contributed by atoms with Gasteiger partial charge in [-0.3, -0.25) is 4.90 Å². The number of hydrogen-bond acceptors (Lipinski definition) is 4. The van der Waals surface area contributed by atoms with Gasteiger partial charge in [-0.05, 0) is 47.6 Å². The molecule has 6 heteroatoms. The molecule has 5 nitrogen and oxygen atoms in total. The molecule has 0 fully saturated rings. The second kappa shape index (κ2) is 5.53.